The van der Waals surface area contributed by atoms with Crippen molar-refractivity contribution in [3.05, 3.63) is 29.1 Å². The molecule has 0 aromatic carbocycles. The van der Waals surface area contributed by atoms with E-state index in [2.05, 4.69) is 0 Å². The number of fused-ring (bicyclic) bond motifs is 1. The van der Waals surface area contributed by atoms with Gasteiger partial charge in [-0.25, -0.2) is 0 Å². The summed E-state index contributed by atoms with van der Waals surface area (Å²) < 4.78 is 24.1. The largest absolute Gasteiger partial charge is 0.348 e. The van der Waals surface area contributed by atoms with Crippen LogP contribution in [-0.2, 0) is 25.4 Å². The van der Waals surface area contributed by atoms with Crippen LogP contribution in [-0.4, -0.2) is 41.2 Å². The Bertz CT molecular complexity index is 770. The maximum absolute atomic E-state index is 12.7. The molecule has 0 bridgehead atoms. The number of carbonyl (C=O) groups is 1. The average Bonchev–Trinajstić information content (AvgIpc) is 3.10. The molecule has 0 radical (unpaired) electrons. The van der Waals surface area contributed by atoms with E-state index in [0.29, 0.717) is 6.61 Å². The molecule has 2 fully saturated rings. The minimum Gasteiger partial charge on any atom is -0.348 e. The first-order valence-corrected chi connectivity index (χ1v) is 9.69. The molecule has 0 spiro atoms. The van der Waals surface area contributed by atoms with Gasteiger partial charge in [-0.15, -0.1) is 0 Å². The van der Waals surface area contributed by atoms with Crippen LogP contribution in [0.25, 0.3) is 0 Å². The van der Waals surface area contributed by atoms with Crippen molar-refractivity contribution >= 4 is 5.78 Å². The monoisotopic (exact) mass is 375 g/mol. The van der Waals surface area contributed by atoms with E-state index in [1.165, 1.54) is 0 Å². The van der Waals surface area contributed by atoms with E-state index in [1.807, 2.05) is 53.7 Å². The number of hydrogen-bond donors (Lipinski definition) is 0. The Balaban J connectivity index is 1.64. The molecule has 1 aromatic heterocycles. The molecular formula is C21H29NO5. The zero-order valence-electron chi connectivity index (χ0n) is 17.0. The number of nitrogens with zero attached hydrogens (tertiary/aromatic N) is 1. The molecular weight excluding hydrogens is 346 g/mol. The van der Waals surface area contributed by atoms with Gasteiger partial charge < -0.3 is 18.9 Å². The Kier molecular flexibility index (Phi) is 4.28. The van der Waals surface area contributed by atoms with Crippen molar-refractivity contribution in [3.63, 3.8) is 0 Å². The van der Waals surface area contributed by atoms with Crippen LogP contribution in [0.2, 0.25) is 0 Å². The average molecular weight is 375 g/mol. The topological polar surface area (TPSA) is 66.9 Å². The fraction of sp³-hybridized carbons (Fsp3) is 0.714. The number of aromatic nitrogens is 1. The lowest BCUT2D eigenvalue weighted by atomic mass is 9.74. The molecule has 0 saturated carbocycles. The summed E-state index contributed by atoms with van der Waals surface area (Å²) in [5.74, 6) is -1.20. The van der Waals surface area contributed by atoms with E-state index < -0.39 is 11.6 Å². The van der Waals surface area contributed by atoms with Crippen molar-refractivity contribution in [1.29, 1.82) is 0 Å². The van der Waals surface area contributed by atoms with E-state index in [1.54, 1.807) is 0 Å². The Labute approximate surface area is 160 Å². The van der Waals surface area contributed by atoms with E-state index in [-0.39, 0.29) is 29.5 Å². The molecule has 6 nitrogen and oxygen atoms in total. The number of pyridine rings is 1. The summed E-state index contributed by atoms with van der Waals surface area (Å²) in [7, 11) is 0. The standard InChI is InChI=1S/C21H29NO5/c1-19(2)10-9-13-12(18(19)23)7-8-14(22-13)16-17(27-21(5,6)26-16)15-11-24-20(3,4)25-15/h7-8,15-17H,9-11H2,1-6H3/t15-,16-,17-/m0/s1. The number of Topliss-reactive ketones (excluding diaryl/α,β-unsaturated/α-hetero) is 1. The molecule has 0 N–H and O–H groups in total. The van der Waals surface area contributed by atoms with Gasteiger partial charge in [0.1, 0.15) is 18.3 Å². The van der Waals surface area contributed by atoms with Crippen molar-refractivity contribution in [2.45, 2.75) is 84.3 Å². The highest BCUT2D eigenvalue weighted by molar-refractivity contribution is 6.01. The van der Waals surface area contributed by atoms with E-state index in [0.717, 1.165) is 29.8 Å². The SMILES string of the molecule is CC1(C)OC[C@@H]([C@@H]2OC(C)(C)O[C@H]2c2ccc3c(n2)CCC(C)(C)C3=O)O1. The highest BCUT2D eigenvalue weighted by Crippen LogP contribution is 2.43. The fourth-order valence-electron chi connectivity index (χ4n) is 4.15. The number of carbonyl (C=O) groups excluding carboxylic acids is 1. The lowest BCUT2D eigenvalue weighted by Crippen LogP contribution is -2.36. The molecule has 3 aliphatic rings. The van der Waals surface area contributed by atoms with Gasteiger partial charge in [-0.2, -0.15) is 0 Å². The summed E-state index contributed by atoms with van der Waals surface area (Å²) in [6.07, 6.45) is 0.686. The third-order valence-corrected chi connectivity index (χ3v) is 5.66. The molecule has 6 heteroatoms. The van der Waals surface area contributed by atoms with Gasteiger partial charge in [0, 0.05) is 11.0 Å². The van der Waals surface area contributed by atoms with Gasteiger partial charge in [0.15, 0.2) is 17.4 Å². The second-order valence-corrected chi connectivity index (χ2v) is 9.33. The normalized spacial score (nSPS) is 33.9. The van der Waals surface area contributed by atoms with Gasteiger partial charge in [-0.1, -0.05) is 13.8 Å². The molecule has 0 unspecified atom stereocenters. The molecule has 0 amide bonds. The molecule has 27 heavy (non-hydrogen) atoms. The van der Waals surface area contributed by atoms with Crippen molar-refractivity contribution in [2.24, 2.45) is 5.41 Å². The first-order valence-electron chi connectivity index (χ1n) is 9.69. The number of hydrogen-bond acceptors (Lipinski definition) is 6. The fourth-order valence-corrected chi connectivity index (χ4v) is 4.15. The highest BCUT2D eigenvalue weighted by Gasteiger charge is 2.51. The zero-order chi connectivity index (χ0) is 19.6. The maximum atomic E-state index is 12.7. The Morgan fingerprint density at radius 2 is 1.74 bits per heavy atom. The van der Waals surface area contributed by atoms with Crippen LogP contribution in [0.3, 0.4) is 0 Å². The summed E-state index contributed by atoms with van der Waals surface area (Å²) in [6.45, 7) is 12.0. The summed E-state index contributed by atoms with van der Waals surface area (Å²) in [5.41, 5.74) is 2.04. The molecule has 1 aliphatic carbocycles. The Morgan fingerprint density at radius 1 is 1.00 bits per heavy atom. The number of rotatable bonds is 2. The third-order valence-electron chi connectivity index (χ3n) is 5.66. The van der Waals surface area contributed by atoms with Crippen LogP contribution in [0.15, 0.2) is 12.1 Å². The Morgan fingerprint density at radius 3 is 2.41 bits per heavy atom. The third kappa shape index (κ3) is 3.44. The molecule has 4 rings (SSSR count). The zero-order valence-corrected chi connectivity index (χ0v) is 17.0. The maximum Gasteiger partial charge on any atom is 0.170 e. The lowest BCUT2D eigenvalue weighted by molar-refractivity contribution is -0.174. The van der Waals surface area contributed by atoms with Gasteiger partial charge in [-0.3, -0.25) is 9.78 Å². The van der Waals surface area contributed by atoms with Gasteiger partial charge in [0.25, 0.3) is 0 Å². The van der Waals surface area contributed by atoms with E-state index >= 15 is 0 Å². The second kappa shape index (κ2) is 6.08. The highest BCUT2D eigenvalue weighted by atomic mass is 16.8. The van der Waals surface area contributed by atoms with Gasteiger partial charge in [-0.05, 0) is 52.7 Å². The van der Waals surface area contributed by atoms with E-state index in [9.17, 15) is 4.79 Å². The van der Waals surface area contributed by atoms with Crippen molar-refractivity contribution < 1.29 is 23.7 Å². The molecule has 3 atom stereocenters. The van der Waals surface area contributed by atoms with Crippen molar-refractivity contribution in [2.75, 3.05) is 6.61 Å². The Hall–Kier alpha value is -1.34. The molecule has 2 aliphatic heterocycles. The van der Waals surface area contributed by atoms with Crippen LogP contribution in [0, 0.1) is 5.41 Å². The number of ketones is 1. The predicted octanol–water partition coefficient (Wildman–Crippen LogP) is 3.58. The van der Waals surface area contributed by atoms with Crippen LogP contribution in [0.4, 0.5) is 0 Å². The van der Waals surface area contributed by atoms with Gasteiger partial charge >= 0.3 is 0 Å². The molecule has 148 valence electrons. The predicted molar refractivity (Wildman–Crippen MR) is 98.4 cm³/mol. The first-order chi connectivity index (χ1) is 12.5. The number of aryl methyl sites for hydroxylation is 1. The smallest absolute Gasteiger partial charge is 0.170 e. The van der Waals surface area contributed by atoms with Crippen LogP contribution in [0.5, 0.6) is 0 Å². The lowest BCUT2D eigenvalue weighted by Gasteiger charge is -2.30. The van der Waals surface area contributed by atoms with E-state index in [4.69, 9.17) is 23.9 Å². The molecule has 3 heterocycles. The summed E-state index contributed by atoms with van der Waals surface area (Å²) in [6, 6.07) is 3.78. The summed E-state index contributed by atoms with van der Waals surface area (Å²) in [5, 5.41) is 0. The van der Waals surface area contributed by atoms with Gasteiger partial charge in [0.2, 0.25) is 0 Å². The number of ether oxygens (including phenoxy) is 4. The minimum atomic E-state index is -0.735. The first kappa shape index (κ1) is 19.0. The summed E-state index contributed by atoms with van der Waals surface area (Å²) >= 11 is 0. The molecule has 2 saturated heterocycles. The second-order valence-electron chi connectivity index (χ2n) is 9.33. The summed E-state index contributed by atoms with van der Waals surface area (Å²) in [4.78, 5) is 17.5. The van der Waals surface area contributed by atoms with Crippen molar-refractivity contribution in [3.8, 4) is 0 Å². The minimum absolute atomic E-state index is 0.164. The quantitative estimate of drug-likeness (QED) is 0.787. The van der Waals surface area contributed by atoms with Crippen LogP contribution in [0.1, 0.15) is 75.8 Å². The van der Waals surface area contributed by atoms with Crippen LogP contribution >= 0.6 is 0 Å². The van der Waals surface area contributed by atoms with Crippen LogP contribution < -0.4 is 0 Å². The van der Waals surface area contributed by atoms with Crippen molar-refractivity contribution in [1.82, 2.24) is 4.98 Å². The molecule has 1 aromatic rings. The van der Waals surface area contributed by atoms with Gasteiger partial charge in [0.05, 0.1) is 18.0 Å².